The van der Waals surface area contributed by atoms with E-state index in [1.807, 2.05) is 45.0 Å². The van der Waals surface area contributed by atoms with Gasteiger partial charge in [-0.2, -0.15) is 0 Å². The van der Waals surface area contributed by atoms with Crippen molar-refractivity contribution in [2.75, 3.05) is 5.32 Å². The van der Waals surface area contributed by atoms with Gasteiger partial charge in [0.25, 0.3) is 0 Å². The fraction of sp³-hybridized carbons (Fsp3) is 0.250. The molecule has 3 nitrogen and oxygen atoms in total. The van der Waals surface area contributed by atoms with E-state index in [9.17, 15) is 4.79 Å². The maximum Gasteiger partial charge on any atom is 0.228 e. The van der Waals surface area contributed by atoms with Gasteiger partial charge in [0.15, 0.2) is 5.15 Å². The Balaban J connectivity index is 2.13. The third-order valence-electron chi connectivity index (χ3n) is 3.11. The summed E-state index contributed by atoms with van der Waals surface area (Å²) in [6, 6.07) is 7.92. The number of nitrogens with one attached hydrogen (secondary N) is 1. The smallest absolute Gasteiger partial charge is 0.228 e. The maximum atomic E-state index is 12.1. The van der Waals surface area contributed by atoms with Gasteiger partial charge in [-0.3, -0.25) is 4.79 Å². The lowest BCUT2D eigenvalue weighted by Crippen LogP contribution is -2.15. The Bertz CT molecular complexity index is 597. The number of pyridine rings is 1. The Hall–Kier alpha value is -1.87. The molecule has 0 unspecified atom stereocenters. The molecular formula is C16H17ClN2O. The predicted octanol–water partition coefficient (Wildman–Crippen LogP) is 3.84. The Kier molecular flexibility index (Phi) is 4.40. The number of carbonyl (C=O) groups is 1. The summed E-state index contributed by atoms with van der Waals surface area (Å²) in [5.74, 6) is -0.0898. The lowest BCUT2D eigenvalue weighted by atomic mass is 10.0. The van der Waals surface area contributed by atoms with Gasteiger partial charge in [0.2, 0.25) is 5.91 Å². The second-order valence-corrected chi connectivity index (χ2v) is 5.36. The average Bonchev–Trinajstić information content (AvgIpc) is 2.38. The molecule has 1 heterocycles. The first-order valence-corrected chi connectivity index (χ1v) is 6.81. The van der Waals surface area contributed by atoms with Crippen LogP contribution in [0.1, 0.15) is 22.3 Å². The summed E-state index contributed by atoms with van der Waals surface area (Å²) in [5.41, 5.74) is 4.80. The van der Waals surface area contributed by atoms with Crippen LogP contribution in [-0.4, -0.2) is 10.9 Å². The minimum Gasteiger partial charge on any atom is -0.323 e. The zero-order valence-electron chi connectivity index (χ0n) is 11.8. The van der Waals surface area contributed by atoms with Gasteiger partial charge in [-0.15, -0.1) is 0 Å². The minimum atomic E-state index is -0.0898. The topological polar surface area (TPSA) is 42.0 Å². The largest absolute Gasteiger partial charge is 0.323 e. The summed E-state index contributed by atoms with van der Waals surface area (Å²) >= 11 is 5.97. The standard InChI is InChI=1S/C16H17ClN2O/c1-10-4-5-12(3)13(6-10)8-15(20)19-14-7-11(2)9-18-16(14)17/h4-7,9H,8H2,1-3H3,(H,19,20). The van der Waals surface area contributed by atoms with E-state index in [4.69, 9.17) is 11.6 Å². The van der Waals surface area contributed by atoms with E-state index >= 15 is 0 Å². The summed E-state index contributed by atoms with van der Waals surface area (Å²) in [6.07, 6.45) is 2.00. The highest BCUT2D eigenvalue weighted by Crippen LogP contribution is 2.20. The molecular weight excluding hydrogens is 272 g/mol. The third-order valence-corrected chi connectivity index (χ3v) is 3.41. The van der Waals surface area contributed by atoms with Crippen LogP contribution in [0.25, 0.3) is 0 Å². The van der Waals surface area contributed by atoms with Gasteiger partial charge < -0.3 is 5.32 Å². The first-order valence-electron chi connectivity index (χ1n) is 6.44. The van der Waals surface area contributed by atoms with Crippen molar-refractivity contribution in [3.05, 3.63) is 57.9 Å². The Morgan fingerprint density at radius 3 is 2.70 bits per heavy atom. The zero-order valence-corrected chi connectivity index (χ0v) is 12.6. The second-order valence-electron chi connectivity index (χ2n) is 5.01. The summed E-state index contributed by atoms with van der Waals surface area (Å²) < 4.78 is 0. The Labute approximate surface area is 124 Å². The third kappa shape index (κ3) is 3.58. The lowest BCUT2D eigenvalue weighted by Gasteiger charge is -2.09. The highest BCUT2D eigenvalue weighted by Gasteiger charge is 2.09. The van der Waals surface area contributed by atoms with Crippen LogP contribution in [0, 0.1) is 20.8 Å². The molecule has 0 aliphatic heterocycles. The number of anilines is 1. The molecule has 0 saturated carbocycles. The summed E-state index contributed by atoms with van der Waals surface area (Å²) in [5, 5.41) is 3.12. The number of hydrogen-bond donors (Lipinski definition) is 1. The number of carbonyl (C=O) groups excluding carboxylic acids is 1. The summed E-state index contributed by atoms with van der Waals surface area (Å²) in [6.45, 7) is 5.93. The molecule has 0 spiro atoms. The Morgan fingerprint density at radius 1 is 1.20 bits per heavy atom. The molecule has 1 N–H and O–H groups in total. The second kappa shape index (κ2) is 6.06. The van der Waals surface area contributed by atoms with Gasteiger partial charge in [-0.1, -0.05) is 35.4 Å². The van der Waals surface area contributed by atoms with Gasteiger partial charge in [-0.05, 0) is 43.5 Å². The predicted molar refractivity (Wildman–Crippen MR) is 82.2 cm³/mol. The number of aryl methyl sites for hydroxylation is 3. The van der Waals surface area contributed by atoms with Crippen LogP contribution in [0.4, 0.5) is 5.69 Å². The monoisotopic (exact) mass is 288 g/mol. The molecule has 1 aromatic carbocycles. The molecule has 4 heteroatoms. The number of nitrogens with zero attached hydrogens (tertiary/aromatic N) is 1. The van der Waals surface area contributed by atoms with Crippen molar-refractivity contribution < 1.29 is 4.79 Å². The quantitative estimate of drug-likeness (QED) is 0.872. The summed E-state index contributed by atoms with van der Waals surface area (Å²) in [7, 11) is 0. The van der Waals surface area contributed by atoms with E-state index < -0.39 is 0 Å². The van der Waals surface area contributed by atoms with Crippen molar-refractivity contribution in [2.24, 2.45) is 0 Å². The molecule has 104 valence electrons. The maximum absolute atomic E-state index is 12.1. The van der Waals surface area contributed by atoms with Crippen molar-refractivity contribution in [2.45, 2.75) is 27.2 Å². The minimum absolute atomic E-state index is 0.0898. The van der Waals surface area contributed by atoms with Crippen LogP contribution in [0.3, 0.4) is 0 Å². The van der Waals surface area contributed by atoms with Crippen LogP contribution in [-0.2, 0) is 11.2 Å². The molecule has 0 saturated heterocycles. The van der Waals surface area contributed by atoms with E-state index in [1.54, 1.807) is 6.20 Å². The number of aromatic nitrogens is 1. The fourth-order valence-electron chi connectivity index (χ4n) is 2.00. The number of benzene rings is 1. The number of halogens is 1. The molecule has 20 heavy (non-hydrogen) atoms. The van der Waals surface area contributed by atoms with Gasteiger partial charge in [0.05, 0.1) is 12.1 Å². The van der Waals surface area contributed by atoms with Crippen LogP contribution in [0.2, 0.25) is 5.15 Å². The van der Waals surface area contributed by atoms with Crippen LogP contribution in [0.5, 0.6) is 0 Å². The normalized spacial score (nSPS) is 10.4. The van der Waals surface area contributed by atoms with Gasteiger partial charge >= 0.3 is 0 Å². The molecule has 2 rings (SSSR count). The first kappa shape index (κ1) is 14.5. The molecule has 2 aromatic rings. The van der Waals surface area contributed by atoms with Crippen molar-refractivity contribution >= 4 is 23.2 Å². The zero-order chi connectivity index (χ0) is 14.7. The highest BCUT2D eigenvalue weighted by molar-refractivity contribution is 6.32. The van der Waals surface area contributed by atoms with Gasteiger partial charge in [0, 0.05) is 6.20 Å². The van der Waals surface area contributed by atoms with Crippen molar-refractivity contribution in [3.8, 4) is 0 Å². The van der Waals surface area contributed by atoms with Gasteiger partial charge in [0.1, 0.15) is 0 Å². The van der Waals surface area contributed by atoms with Crippen molar-refractivity contribution in [1.29, 1.82) is 0 Å². The fourth-order valence-corrected chi connectivity index (χ4v) is 2.15. The number of amides is 1. The molecule has 1 amide bonds. The molecule has 1 aromatic heterocycles. The molecule has 0 bridgehead atoms. The molecule has 0 aliphatic carbocycles. The molecule has 0 radical (unpaired) electrons. The average molecular weight is 289 g/mol. The Morgan fingerprint density at radius 2 is 1.95 bits per heavy atom. The van der Waals surface area contributed by atoms with Crippen LogP contribution >= 0.6 is 11.6 Å². The van der Waals surface area contributed by atoms with Crippen LogP contribution in [0.15, 0.2) is 30.5 Å². The van der Waals surface area contributed by atoms with E-state index in [1.165, 1.54) is 0 Å². The molecule has 0 aliphatic rings. The van der Waals surface area contributed by atoms with E-state index in [-0.39, 0.29) is 5.91 Å². The number of rotatable bonds is 3. The summed E-state index contributed by atoms with van der Waals surface area (Å²) in [4.78, 5) is 16.1. The SMILES string of the molecule is Cc1ccc(C)c(CC(=O)Nc2cc(C)cnc2Cl)c1. The first-order chi connectivity index (χ1) is 9.45. The van der Waals surface area contributed by atoms with Crippen molar-refractivity contribution in [1.82, 2.24) is 4.98 Å². The van der Waals surface area contributed by atoms with Crippen LogP contribution < -0.4 is 5.32 Å². The van der Waals surface area contributed by atoms with E-state index in [2.05, 4.69) is 10.3 Å². The van der Waals surface area contributed by atoms with Gasteiger partial charge in [-0.25, -0.2) is 4.98 Å². The van der Waals surface area contributed by atoms with Crippen molar-refractivity contribution in [3.63, 3.8) is 0 Å². The lowest BCUT2D eigenvalue weighted by molar-refractivity contribution is -0.115. The van der Waals surface area contributed by atoms with E-state index in [0.717, 1.165) is 22.3 Å². The number of hydrogen-bond acceptors (Lipinski definition) is 2. The highest BCUT2D eigenvalue weighted by atomic mass is 35.5. The van der Waals surface area contributed by atoms with E-state index in [0.29, 0.717) is 17.3 Å². The molecule has 0 atom stereocenters. The molecule has 0 fully saturated rings.